The molecule has 0 aliphatic rings. The van der Waals surface area contributed by atoms with Crippen molar-refractivity contribution in [2.45, 2.75) is 117 Å². The molecule has 0 saturated heterocycles. The van der Waals surface area contributed by atoms with Crippen molar-refractivity contribution in [2.75, 3.05) is 26.4 Å². The number of hydrogen-bond acceptors (Lipinski definition) is 7. The van der Waals surface area contributed by atoms with Gasteiger partial charge in [-0.1, -0.05) is 115 Å². The molecule has 0 aliphatic carbocycles. The van der Waals surface area contributed by atoms with Crippen molar-refractivity contribution >= 4 is 54.2 Å². The minimum absolute atomic E-state index is 0. The van der Waals surface area contributed by atoms with Crippen molar-refractivity contribution in [1.29, 1.82) is 0 Å². The zero-order valence-electron chi connectivity index (χ0n) is 27.2. The Morgan fingerprint density at radius 3 is 1.18 bits per heavy atom. The van der Waals surface area contributed by atoms with Gasteiger partial charge >= 0.3 is 16.5 Å². The molecule has 0 saturated carbocycles. The standard InChI is InChI=1S/C34H54O7P2.Ca/c1-3-5-7-9-11-13-15-17-31-19-23-33(24-20-31)37-27-29-39-42(35)41-43(36)40-30-28-38-34-25-21-32(22-26-34)18-16-14-12-10-8-6-4-2;/h19-26H,3-18,27-30H2,1-2H3;/q+2;. The maximum atomic E-state index is 11.9. The Morgan fingerprint density at radius 1 is 0.477 bits per heavy atom. The maximum absolute atomic E-state index is 11.9. The van der Waals surface area contributed by atoms with Gasteiger partial charge in [-0.3, -0.25) is 0 Å². The first kappa shape index (κ1) is 41.4. The molecule has 2 aromatic carbocycles. The van der Waals surface area contributed by atoms with Gasteiger partial charge in [-0.2, -0.15) is 0 Å². The third-order valence-corrected chi connectivity index (χ3v) is 9.07. The minimum Gasteiger partial charge on any atom is -0.491 e. The van der Waals surface area contributed by atoms with Crippen LogP contribution in [-0.4, -0.2) is 64.2 Å². The molecule has 0 aliphatic heterocycles. The second-order valence-electron chi connectivity index (χ2n) is 10.9. The van der Waals surface area contributed by atoms with Crippen LogP contribution in [-0.2, 0) is 35.3 Å². The van der Waals surface area contributed by atoms with Gasteiger partial charge < -0.3 is 9.47 Å². The van der Waals surface area contributed by atoms with E-state index < -0.39 is 16.5 Å². The van der Waals surface area contributed by atoms with Crippen LogP contribution in [0.1, 0.15) is 115 Å². The molecule has 0 spiro atoms. The van der Waals surface area contributed by atoms with E-state index in [0.717, 1.165) is 24.3 Å². The van der Waals surface area contributed by atoms with Gasteiger partial charge in [0.05, 0.1) is 0 Å². The van der Waals surface area contributed by atoms with Gasteiger partial charge in [-0.05, 0) is 61.1 Å². The zero-order chi connectivity index (χ0) is 30.8. The van der Waals surface area contributed by atoms with Gasteiger partial charge in [0.15, 0.2) is 4.31 Å². The van der Waals surface area contributed by atoms with Crippen molar-refractivity contribution < 1.29 is 32.0 Å². The average Bonchev–Trinajstić information content (AvgIpc) is 3.02. The summed E-state index contributed by atoms with van der Waals surface area (Å²) in [5.41, 5.74) is 2.60. The third-order valence-electron chi connectivity index (χ3n) is 7.22. The summed E-state index contributed by atoms with van der Waals surface area (Å²) >= 11 is 0. The normalized spacial score (nSPS) is 11.6. The number of rotatable bonds is 28. The second kappa shape index (κ2) is 28.6. The molecule has 242 valence electrons. The van der Waals surface area contributed by atoms with Crippen molar-refractivity contribution in [1.82, 2.24) is 0 Å². The summed E-state index contributed by atoms with van der Waals surface area (Å²) in [7, 11) is -5.16. The fourth-order valence-electron chi connectivity index (χ4n) is 4.72. The first-order chi connectivity index (χ1) is 21.1. The molecule has 0 heterocycles. The van der Waals surface area contributed by atoms with Crippen LogP contribution < -0.4 is 9.47 Å². The van der Waals surface area contributed by atoms with Gasteiger partial charge in [0.1, 0.15) is 37.9 Å². The molecular formula is C34H54CaO7P2+2. The van der Waals surface area contributed by atoms with Crippen LogP contribution in [0.25, 0.3) is 0 Å². The van der Waals surface area contributed by atoms with Crippen LogP contribution in [0.15, 0.2) is 48.5 Å². The molecule has 0 bridgehead atoms. The van der Waals surface area contributed by atoms with Crippen LogP contribution in [0.3, 0.4) is 0 Å². The van der Waals surface area contributed by atoms with Crippen LogP contribution in [0, 0.1) is 0 Å². The van der Waals surface area contributed by atoms with Gasteiger partial charge in [0.2, 0.25) is 0 Å². The Hall–Kier alpha value is -0.620. The third kappa shape index (κ3) is 22.0. The SMILES string of the molecule is CCCCCCCCCc1ccc(OCCO[P+](=O)O[P+](=O)OCCOc2ccc(CCCCCCCCC)cc2)cc1.[Ca]. The summed E-state index contributed by atoms with van der Waals surface area (Å²) < 4.78 is 50.0. The first-order valence-corrected chi connectivity index (χ1v) is 18.6. The van der Waals surface area contributed by atoms with Crippen LogP contribution in [0.5, 0.6) is 11.5 Å². The van der Waals surface area contributed by atoms with Crippen molar-refractivity contribution in [3.63, 3.8) is 0 Å². The molecule has 0 amide bonds. The average molecular weight is 677 g/mol. The monoisotopic (exact) mass is 676 g/mol. The smallest absolute Gasteiger partial charge is 0.491 e. The van der Waals surface area contributed by atoms with E-state index in [1.165, 1.54) is 101 Å². The van der Waals surface area contributed by atoms with Crippen molar-refractivity contribution in [3.8, 4) is 11.5 Å². The Kier molecular flexibility index (Phi) is 26.9. The second-order valence-corrected chi connectivity index (χ2v) is 13.0. The molecule has 7 nitrogen and oxygen atoms in total. The number of aryl methyl sites for hydroxylation is 2. The largest absolute Gasteiger partial charge is 0.747 e. The molecule has 2 unspecified atom stereocenters. The Morgan fingerprint density at radius 2 is 0.818 bits per heavy atom. The zero-order valence-corrected chi connectivity index (χ0v) is 31.2. The maximum Gasteiger partial charge on any atom is 0.747 e. The molecule has 2 atom stereocenters. The van der Waals surface area contributed by atoms with E-state index >= 15 is 0 Å². The van der Waals surface area contributed by atoms with Crippen LogP contribution >= 0.6 is 16.5 Å². The predicted molar refractivity (Wildman–Crippen MR) is 181 cm³/mol. The molecule has 0 fully saturated rings. The number of benzene rings is 2. The molecule has 10 heteroatoms. The van der Waals surface area contributed by atoms with E-state index in [4.69, 9.17) is 22.8 Å². The van der Waals surface area contributed by atoms with Gasteiger partial charge in [-0.25, -0.2) is 0 Å². The summed E-state index contributed by atoms with van der Waals surface area (Å²) in [6.07, 6.45) is 20.4. The topological polar surface area (TPSA) is 80.3 Å². The Bertz CT molecular complexity index is 911. The number of hydrogen-bond donors (Lipinski definition) is 0. The molecule has 2 aromatic rings. The van der Waals surface area contributed by atoms with E-state index in [1.807, 2.05) is 24.3 Å². The molecular weight excluding hydrogens is 622 g/mol. The van der Waals surface area contributed by atoms with E-state index in [2.05, 4.69) is 38.1 Å². The van der Waals surface area contributed by atoms with E-state index in [1.54, 1.807) is 0 Å². The molecule has 2 rings (SSSR count). The summed E-state index contributed by atoms with van der Waals surface area (Å²) in [4.78, 5) is 0. The van der Waals surface area contributed by atoms with E-state index in [9.17, 15) is 9.13 Å². The molecule has 0 aromatic heterocycles. The molecule has 44 heavy (non-hydrogen) atoms. The Balaban J connectivity index is 0.00000968. The van der Waals surface area contributed by atoms with Gasteiger partial charge in [0, 0.05) is 46.9 Å². The number of ether oxygens (including phenoxy) is 2. The molecule has 0 N–H and O–H groups in total. The molecule has 2 radical (unpaired) electrons. The van der Waals surface area contributed by atoms with Crippen LogP contribution in [0.4, 0.5) is 0 Å². The van der Waals surface area contributed by atoms with Gasteiger partial charge in [-0.15, -0.1) is 9.05 Å². The summed E-state index contributed by atoms with van der Waals surface area (Å²) in [5.74, 6) is 1.44. The fourth-order valence-corrected chi connectivity index (χ4v) is 5.98. The first-order valence-electron chi connectivity index (χ1n) is 16.4. The van der Waals surface area contributed by atoms with Crippen molar-refractivity contribution in [3.05, 3.63) is 59.7 Å². The van der Waals surface area contributed by atoms with Crippen LogP contribution in [0.2, 0.25) is 0 Å². The quantitative estimate of drug-likeness (QED) is 0.0504. The summed E-state index contributed by atoms with van der Waals surface area (Å²) in [6, 6.07) is 16.1. The summed E-state index contributed by atoms with van der Waals surface area (Å²) in [5, 5.41) is 0. The number of unbranched alkanes of at least 4 members (excludes halogenated alkanes) is 12. The summed E-state index contributed by atoms with van der Waals surface area (Å²) in [6.45, 7) is 4.96. The van der Waals surface area contributed by atoms with Crippen molar-refractivity contribution in [2.24, 2.45) is 0 Å². The van der Waals surface area contributed by atoms with Gasteiger partial charge in [0.25, 0.3) is 0 Å². The Labute approximate surface area is 298 Å². The van der Waals surface area contributed by atoms with E-state index in [0.29, 0.717) is 0 Å². The minimum atomic E-state index is -2.58. The predicted octanol–water partition coefficient (Wildman–Crippen LogP) is 10.7. The van der Waals surface area contributed by atoms with E-state index in [-0.39, 0.29) is 64.2 Å². The fraction of sp³-hybridized carbons (Fsp3) is 0.647.